The van der Waals surface area contributed by atoms with E-state index in [0.717, 1.165) is 12.0 Å². The summed E-state index contributed by atoms with van der Waals surface area (Å²) in [5, 5.41) is 4.14. The van der Waals surface area contributed by atoms with Crippen LogP contribution in [0.5, 0.6) is 0 Å². The topological polar surface area (TPSA) is 69.7 Å². The SMILES string of the molecule is CC[C@H](C)N1C(=O)[C@@H](Cc2ccccc2)NC12CCN(S(=O)(=O)c1ccc(Cl)c(Cl)c1)CC2. The van der Waals surface area contributed by atoms with Crippen LogP contribution >= 0.6 is 23.2 Å². The minimum atomic E-state index is -3.71. The summed E-state index contributed by atoms with van der Waals surface area (Å²) in [4.78, 5) is 15.6. The van der Waals surface area contributed by atoms with Gasteiger partial charge in [0.1, 0.15) is 0 Å². The van der Waals surface area contributed by atoms with Gasteiger partial charge < -0.3 is 4.90 Å². The molecular formula is C24H29Cl2N3O3S. The first-order valence-electron chi connectivity index (χ1n) is 11.3. The van der Waals surface area contributed by atoms with Crippen molar-refractivity contribution >= 4 is 39.1 Å². The van der Waals surface area contributed by atoms with Crippen LogP contribution in [0.25, 0.3) is 0 Å². The van der Waals surface area contributed by atoms with Crippen molar-refractivity contribution in [1.82, 2.24) is 14.5 Å². The van der Waals surface area contributed by atoms with Gasteiger partial charge in [-0.15, -0.1) is 0 Å². The van der Waals surface area contributed by atoms with Crippen molar-refractivity contribution in [3.63, 3.8) is 0 Å². The van der Waals surface area contributed by atoms with Crippen LogP contribution in [-0.2, 0) is 21.2 Å². The molecule has 2 aliphatic rings. The number of rotatable bonds is 6. The Morgan fingerprint density at radius 3 is 2.36 bits per heavy atom. The molecule has 2 saturated heterocycles. The van der Waals surface area contributed by atoms with Gasteiger partial charge in [-0.1, -0.05) is 60.5 Å². The lowest BCUT2D eigenvalue weighted by Gasteiger charge is -2.46. The van der Waals surface area contributed by atoms with Crippen molar-refractivity contribution < 1.29 is 13.2 Å². The van der Waals surface area contributed by atoms with Crippen LogP contribution in [-0.4, -0.2) is 54.4 Å². The van der Waals surface area contributed by atoms with E-state index in [4.69, 9.17) is 23.2 Å². The number of carbonyl (C=O) groups is 1. The lowest BCUT2D eigenvalue weighted by molar-refractivity contribution is -0.136. The van der Waals surface area contributed by atoms with E-state index in [2.05, 4.69) is 19.2 Å². The fourth-order valence-corrected chi connectivity index (χ4v) is 6.74. The number of hydrogen-bond donors (Lipinski definition) is 1. The van der Waals surface area contributed by atoms with E-state index in [0.29, 0.717) is 37.4 Å². The van der Waals surface area contributed by atoms with Crippen LogP contribution in [0, 0.1) is 0 Å². The molecule has 1 amide bonds. The zero-order valence-electron chi connectivity index (χ0n) is 18.8. The van der Waals surface area contributed by atoms with Crippen LogP contribution in [0.15, 0.2) is 53.4 Å². The van der Waals surface area contributed by atoms with Gasteiger partial charge in [-0.3, -0.25) is 10.1 Å². The molecule has 2 heterocycles. The van der Waals surface area contributed by atoms with Gasteiger partial charge in [0, 0.05) is 19.1 Å². The van der Waals surface area contributed by atoms with Gasteiger partial charge >= 0.3 is 0 Å². The number of nitrogens with one attached hydrogen (secondary N) is 1. The second-order valence-electron chi connectivity index (χ2n) is 8.86. The largest absolute Gasteiger partial charge is 0.320 e. The smallest absolute Gasteiger partial charge is 0.243 e. The molecule has 0 saturated carbocycles. The Morgan fingerprint density at radius 1 is 1.09 bits per heavy atom. The summed E-state index contributed by atoms with van der Waals surface area (Å²) in [5.41, 5.74) is 0.555. The highest BCUT2D eigenvalue weighted by atomic mass is 35.5. The van der Waals surface area contributed by atoms with Gasteiger partial charge in [-0.05, 0) is 56.4 Å². The molecule has 4 rings (SSSR count). The Hall–Kier alpha value is -1.64. The Bertz CT molecular complexity index is 1120. The molecule has 2 atom stereocenters. The Labute approximate surface area is 205 Å². The van der Waals surface area contributed by atoms with E-state index >= 15 is 0 Å². The predicted molar refractivity (Wildman–Crippen MR) is 131 cm³/mol. The summed E-state index contributed by atoms with van der Waals surface area (Å²) in [6.07, 6.45) is 2.49. The molecule has 0 unspecified atom stereocenters. The summed E-state index contributed by atoms with van der Waals surface area (Å²) in [7, 11) is -3.71. The Morgan fingerprint density at radius 2 is 1.76 bits per heavy atom. The van der Waals surface area contributed by atoms with E-state index in [9.17, 15) is 13.2 Å². The average Bonchev–Trinajstić information content (AvgIpc) is 3.06. The third-order valence-corrected chi connectivity index (χ3v) is 9.47. The molecule has 2 aromatic carbocycles. The number of amides is 1. The number of halogens is 2. The van der Waals surface area contributed by atoms with Gasteiger partial charge in [-0.2, -0.15) is 4.31 Å². The summed E-state index contributed by atoms with van der Waals surface area (Å²) in [6, 6.07) is 14.1. The quantitative estimate of drug-likeness (QED) is 0.629. The van der Waals surface area contributed by atoms with Crippen molar-refractivity contribution in [2.45, 2.75) is 62.2 Å². The third-order valence-electron chi connectivity index (χ3n) is 6.83. The van der Waals surface area contributed by atoms with Gasteiger partial charge in [0.05, 0.1) is 26.6 Å². The van der Waals surface area contributed by atoms with E-state index in [-0.39, 0.29) is 27.9 Å². The number of carbonyl (C=O) groups excluding carboxylic acids is 1. The average molecular weight is 510 g/mol. The normalized spacial score (nSPS) is 22.1. The number of benzene rings is 2. The molecule has 0 aromatic heterocycles. The monoisotopic (exact) mass is 509 g/mol. The van der Waals surface area contributed by atoms with Crippen molar-refractivity contribution in [3.8, 4) is 0 Å². The van der Waals surface area contributed by atoms with E-state index < -0.39 is 15.7 Å². The molecule has 6 nitrogen and oxygen atoms in total. The summed E-state index contributed by atoms with van der Waals surface area (Å²) >= 11 is 12.0. The van der Waals surface area contributed by atoms with Crippen LogP contribution < -0.4 is 5.32 Å². The van der Waals surface area contributed by atoms with Gasteiger partial charge in [0.2, 0.25) is 15.9 Å². The van der Waals surface area contributed by atoms with E-state index in [1.807, 2.05) is 35.2 Å². The van der Waals surface area contributed by atoms with Crippen molar-refractivity contribution in [2.24, 2.45) is 0 Å². The minimum absolute atomic E-state index is 0.0593. The maximum absolute atomic E-state index is 13.5. The lowest BCUT2D eigenvalue weighted by atomic mass is 9.95. The molecule has 178 valence electrons. The molecule has 9 heteroatoms. The first-order chi connectivity index (χ1) is 15.7. The standard InChI is InChI=1S/C24H29Cl2N3O3S/c1-3-17(2)29-23(30)22(15-18-7-5-4-6-8-18)27-24(29)11-13-28(14-12-24)33(31,32)19-9-10-20(25)21(26)16-19/h4-10,16-17,22,27H,3,11-15H2,1-2H3/t17-,22+/m0/s1. The second kappa shape index (κ2) is 9.55. The predicted octanol–water partition coefficient (Wildman–Crippen LogP) is 4.32. The van der Waals surface area contributed by atoms with Gasteiger partial charge in [-0.25, -0.2) is 8.42 Å². The molecule has 1 N–H and O–H groups in total. The third kappa shape index (κ3) is 4.66. The second-order valence-corrected chi connectivity index (χ2v) is 11.6. The molecule has 2 aliphatic heterocycles. The van der Waals surface area contributed by atoms with Crippen LogP contribution in [0.4, 0.5) is 0 Å². The van der Waals surface area contributed by atoms with Crippen molar-refractivity contribution in [1.29, 1.82) is 0 Å². The zero-order valence-corrected chi connectivity index (χ0v) is 21.1. The number of piperidine rings is 1. The summed E-state index contributed by atoms with van der Waals surface area (Å²) in [5.74, 6) is 0.0917. The molecule has 0 aliphatic carbocycles. The van der Waals surface area contributed by atoms with Crippen molar-refractivity contribution in [3.05, 3.63) is 64.1 Å². The summed E-state index contributed by atoms with van der Waals surface area (Å²) < 4.78 is 27.9. The highest BCUT2D eigenvalue weighted by Crippen LogP contribution is 2.37. The molecule has 2 aromatic rings. The van der Waals surface area contributed by atoms with E-state index in [1.165, 1.54) is 22.5 Å². The molecule has 0 bridgehead atoms. The fourth-order valence-electron chi connectivity index (χ4n) is 4.91. The molecule has 33 heavy (non-hydrogen) atoms. The highest BCUT2D eigenvalue weighted by molar-refractivity contribution is 7.89. The van der Waals surface area contributed by atoms with E-state index in [1.54, 1.807) is 0 Å². The first-order valence-corrected chi connectivity index (χ1v) is 13.5. The molecule has 0 radical (unpaired) electrons. The van der Waals surface area contributed by atoms with Gasteiger partial charge in [0.15, 0.2) is 0 Å². The molecule has 1 spiro atoms. The minimum Gasteiger partial charge on any atom is -0.320 e. The van der Waals surface area contributed by atoms with Crippen LogP contribution in [0.2, 0.25) is 10.0 Å². The molecular weight excluding hydrogens is 481 g/mol. The van der Waals surface area contributed by atoms with Crippen molar-refractivity contribution in [2.75, 3.05) is 13.1 Å². The number of sulfonamides is 1. The van der Waals surface area contributed by atoms with Crippen LogP contribution in [0.3, 0.4) is 0 Å². The zero-order chi connectivity index (χ0) is 23.8. The maximum atomic E-state index is 13.5. The maximum Gasteiger partial charge on any atom is 0.243 e. The fraction of sp³-hybridized carbons (Fsp3) is 0.458. The Balaban J connectivity index is 1.55. The van der Waals surface area contributed by atoms with Crippen LogP contribution in [0.1, 0.15) is 38.7 Å². The number of hydrogen-bond acceptors (Lipinski definition) is 4. The highest BCUT2D eigenvalue weighted by Gasteiger charge is 2.53. The summed E-state index contributed by atoms with van der Waals surface area (Å²) in [6.45, 7) is 4.76. The molecule has 2 fully saturated rings. The first kappa shape index (κ1) is 24.5. The number of nitrogens with zero attached hydrogens (tertiary/aromatic N) is 2. The lowest BCUT2D eigenvalue weighted by Crippen LogP contribution is -2.61. The Kier molecular flexibility index (Phi) is 7.08. The van der Waals surface area contributed by atoms with Gasteiger partial charge in [0.25, 0.3) is 0 Å².